The normalized spacial score (nSPS) is 16.3. The van der Waals surface area contributed by atoms with Gasteiger partial charge in [0, 0.05) is 54.0 Å². The standard InChI is InChI=1S/C35H36F3N3O2S2/c1-25(44-31-13-6-9-26-8-2-3-10-28(26)31)34(42)43-23-22-40-20-18-39(19-21-40)16-7-17-41-29-11-4-5-12-32(29)45-33-15-14-27(24-30(33)41)35(36,37)38/h2-6,8-15,24-25H,7,16-23H2,1H3. The highest BCUT2D eigenvalue weighted by Gasteiger charge is 2.33. The maximum Gasteiger partial charge on any atom is 0.416 e. The Labute approximate surface area is 270 Å². The van der Waals surface area contributed by atoms with Crippen molar-refractivity contribution < 1.29 is 22.7 Å². The van der Waals surface area contributed by atoms with Crippen LogP contribution >= 0.6 is 23.5 Å². The summed E-state index contributed by atoms with van der Waals surface area (Å²) in [6.07, 6.45) is -3.55. The number of anilines is 2. The number of alkyl halides is 3. The first-order valence-corrected chi connectivity index (χ1v) is 17.0. The van der Waals surface area contributed by atoms with E-state index in [1.165, 1.54) is 35.7 Å². The van der Waals surface area contributed by atoms with Gasteiger partial charge < -0.3 is 14.5 Å². The first-order chi connectivity index (χ1) is 21.8. The molecule has 2 aliphatic heterocycles. The Morgan fingerprint density at radius 3 is 2.33 bits per heavy atom. The molecule has 1 atom stereocenters. The molecule has 0 radical (unpaired) electrons. The van der Waals surface area contributed by atoms with E-state index < -0.39 is 11.7 Å². The van der Waals surface area contributed by atoms with Gasteiger partial charge in [-0.3, -0.25) is 9.69 Å². The van der Waals surface area contributed by atoms with Crippen LogP contribution in [0, 0.1) is 0 Å². The fraction of sp³-hybridized carbons (Fsp3) is 0.343. The highest BCUT2D eigenvalue weighted by molar-refractivity contribution is 8.00. The van der Waals surface area contributed by atoms with Gasteiger partial charge in [-0.05, 0) is 67.1 Å². The van der Waals surface area contributed by atoms with Crippen LogP contribution < -0.4 is 4.90 Å². The molecule has 45 heavy (non-hydrogen) atoms. The third kappa shape index (κ3) is 7.62. The van der Waals surface area contributed by atoms with Gasteiger partial charge >= 0.3 is 12.1 Å². The summed E-state index contributed by atoms with van der Waals surface area (Å²) in [7, 11) is 0. The number of rotatable bonds is 10. The predicted octanol–water partition coefficient (Wildman–Crippen LogP) is 8.19. The van der Waals surface area contributed by atoms with E-state index in [2.05, 4.69) is 28.0 Å². The highest BCUT2D eigenvalue weighted by Crippen LogP contribution is 2.49. The van der Waals surface area contributed by atoms with Crippen LogP contribution in [0.4, 0.5) is 24.5 Å². The SMILES string of the molecule is CC(Sc1cccc2ccccc12)C(=O)OCCN1CCN(CCCN2c3ccccc3Sc3ccc(C(F)(F)F)cc32)CC1. The average molecular weight is 652 g/mol. The predicted molar refractivity (Wildman–Crippen MR) is 177 cm³/mol. The van der Waals surface area contributed by atoms with Gasteiger partial charge in [0.2, 0.25) is 0 Å². The summed E-state index contributed by atoms with van der Waals surface area (Å²) < 4.78 is 46.2. The largest absolute Gasteiger partial charge is 0.463 e. The molecule has 0 bridgehead atoms. The van der Waals surface area contributed by atoms with Crippen molar-refractivity contribution in [2.24, 2.45) is 0 Å². The number of hydrogen-bond acceptors (Lipinski definition) is 7. The topological polar surface area (TPSA) is 36.0 Å². The monoisotopic (exact) mass is 651 g/mol. The Morgan fingerprint density at radius 2 is 1.53 bits per heavy atom. The molecule has 1 saturated heterocycles. The van der Waals surface area contributed by atoms with E-state index >= 15 is 0 Å². The summed E-state index contributed by atoms with van der Waals surface area (Å²) in [5.41, 5.74) is 0.960. The molecule has 2 heterocycles. The molecule has 0 aromatic heterocycles. The summed E-state index contributed by atoms with van der Waals surface area (Å²) in [5.74, 6) is -0.201. The highest BCUT2D eigenvalue weighted by atomic mass is 32.2. The van der Waals surface area contributed by atoms with E-state index in [9.17, 15) is 18.0 Å². The van der Waals surface area contributed by atoms with Crippen molar-refractivity contribution in [3.05, 3.63) is 90.5 Å². The number of ether oxygens (including phenoxy) is 1. The molecule has 4 aromatic rings. The minimum absolute atomic E-state index is 0.201. The van der Waals surface area contributed by atoms with Crippen molar-refractivity contribution in [2.75, 3.05) is 57.3 Å². The number of benzene rings is 4. The van der Waals surface area contributed by atoms with Crippen LogP contribution in [-0.4, -0.2) is 73.4 Å². The number of carbonyl (C=O) groups is 1. The summed E-state index contributed by atoms with van der Waals surface area (Å²) in [6.45, 7) is 8.05. The minimum Gasteiger partial charge on any atom is -0.463 e. The number of fused-ring (bicyclic) bond motifs is 3. The third-order valence-electron chi connectivity index (χ3n) is 8.31. The second-order valence-corrected chi connectivity index (χ2v) is 13.8. The zero-order chi connectivity index (χ0) is 31.4. The van der Waals surface area contributed by atoms with Crippen molar-refractivity contribution >= 4 is 51.6 Å². The molecule has 0 saturated carbocycles. The van der Waals surface area contributed by atoms with E-state index in [0.717, 1.165) is 70.3 Å². The number of nitrogens with zero attached hydrogens (tertiary/aromatic N) is 3. The molecule has 4 aromatic carbocycles. The first kappa shape index (κ1) is 31.8. The molecule has 1 unspecified atom stereocenters. The van der Waals surface area contributed by atoms with Gasteiger partial charge in [0.25, 0.3) is 0 Å². The quantitative estimate of drug-likeness (QED) is 0.126. The van der Waals surface area contributed by atoms with Crippen molar-refractivity contribution in [2.45, 2.75) is 39.5 Å². The molecular weight excluding hydrogens is 616 g/mol. The molecule has 10 heteroatoms. The lowest BCUT2D eigenvalue weighted by Crippen LogP contribution is -2.47. The third-order valence-corrected chi connectivity index (χ3v) is 10.6. The van der Waals surface area contributed by atoms with E-state index in [1.54, 1.807) is 6.07 Å². The number of piperazine rings is 1. The smallest absolute Gasteiger partial charge is 0.416 e. The summed E-state index contributed by atoms with van der Waals surface area (Å²) in [6, 6.07) is 26.3. The molecule has 5 nitrogen and oxygen atoms in total. The van der Waals surface area contributed by atoms with Gasteiger partial charge in [-0.25, -0.2) is 0 Å². The second kappa shape index (κ2) is 14.1. The van der Waals surface area contributed by atoms with Gasteiger partial charge in [-0.2, -0.15) is 13.2 Å². The summed E-state index contributed by atoms with van der Waals surface area (Å²) in [5, 5.41) is 2.00. The van der Waals surface area contributed by atoms with Crippen LogP contribution in [0.25, 0.3) is 10.8 Å². The van der Waals surface area contributed by atoms with Gasteiger partial charge in [-0.1, -0.05) is 60.3 Å². The molecule has 1 fully saturated rings. The maximum absolute atomic E-state index is 13.5. The first-order valence-electron chi connectivity index (χ1n) is 15.3. The summed E-state index contributed by atoms with van der Waals surface area (Å²) in [4.78, 5) is 22.5. The van der Waals surface area contributed by atoms with Gasteiger partial charge in [0.1, 0.15) is 11.9 Å². The van der Waals surface area contributed by atoms with Crippen molar-refractivity contribution in [3.63, 3.8) is 0 Å². The fourth-order valence-electron chi connectivity index (χ4n) is 5.87. The van der Waals surface area contributed by atoms with Crippen molar-refractivity contribution in [1.82, 2.24) is 9.80 Å². The van der Waals surface area contributed by atoms with E-state index in [4.69, 9.17) is 4.74 Å². The van der Waals surface area contributed by atoms with Crippen LogP contribution in [0.5, 0.6) is 0 Å². The molecule has 0 amide bonds. The zero-order valence-corrected chi connectivity index (χ0v) is 26.8. The van der Waals surface area contributed by atoms with E-state index in [0.29, 0.717) is 25.4 Å². The Morgan fingerprint density at radius 1 is 0.844 bits per heavy atom. The van der Waals surface area contributed by atoms with Crippen molar-refractivity contribution in [3.8, 4) is 0 Å². The maximum atomic E-state index is 13.5. The number of para-hydroxylation sites is 1. The molecule has 0 N–H and O–H groups in total. The van der Waals surface area contributed by atoms with Crippen LogP contribution in [0.1, 0.15) is 18.9 Å². The van der Waals surface area contributed by atoms with Crippen LogP contribution in [0.15, 0.2) is 99.6 Å². The molecule has 0 spiro atoms. The van der Waals surface area contributed by atoms with Gasteiger partial charge in [-0.15, -0.1) is 11.8 Å². The second-order valence-electron chi connectivity index (χ2n) is 11.3. The minimum atomic E-state index is -4.38. The van der Waals surface area contributed by atoms with Gasteiger partial charge in [0.05, 0.1) is 16.9 Å². The van der Waals surface area contributed by atoms with Crippen molar-refractivity contribution in [1.29, 1.82) is 0 Å². The number of halogens is 3. The molecule has 0 aliphatic carbocycles. The molecule has 6 rings (SSSR count). The van der Waals surface area contributed by atoms with Crippen LogP contribution in [0.3, 0.4) is 0 Å². The lowest BCUT2D eigenvalue weighted by atomic mass is 10.1. The number of thioether (sulfide) groups is 1. The van der Waals surface area contributed by atoms with Gasteiger partial charge in [0.15, 0.2) is 0 Å². The molecular formula is C35H36F3N3O2S2. The van der Waals surface area contributed by atoms with E-state index in [-0.39, 0.29) is 11.2 Å². The number of hydrogen-bond donors (Lipinski definition) is 0. The fourth-order valence-corrected chi connectivity index (χ4v) is 7.96. The zero-order valence-electron chi connectivity index (χ0n) is 25.1. The van der Waals surface area contributed by atoms with Crippen LogP contribution in [-0.2, 0) is 15.7 Å². The lowest BCUT2D eigenvalue weighted by Gasteiger charge is -2.36. The molecule has 236 valence electrons. The molecule has 2 aliphatic rings. The Balaban J connectivity index is 0.949. The Bertz CT molecular complexity index is 1640. The Hall–Kier alpha value is -3.18. The number of carbonyl (C=O) groups excluding carboxylic acids is 1. The van der Waals surface area contributed by atoms with E-state index in [1.807, 2.05) is 60.4 Å². The average Bonchev–Trinajstić information content (AvgIpc) is 3.04. The Kier molecular flexibility index (Phi) is 9.94. The lowest BCUT2D eigenvalue weighted by molar-refractivity contribution is -0.143. The summed E-state index contributed by atoms with van der Waals surface area (Å²) >= 11 is 3.05. The number of esters is 1. The van der Waals surface area contributed by atoms with Crippen LogP contribution in [0.2, 0.25) is 0 Å².